The third-order valence-corrected chi connectivity index (χ3v) is 4.25. The number of nitriles is 1. The van der Waals surface area contributed by atoms with Gasteiger partial charge in [-0.25, -0.2) is 0 Å². The van der Waals surface area contributed by atoms with Crippen molar-refractivity contribution < 1.29 is 14.4 Å². The largest absolute Gasteiger partial charge is 0.494 e. The highest BCUT2D eigenvalue weighted by Crippen LogP contribution is 2.28. The molecule has 5 heteroatoms. The number of carbonyl (C=O) groups is 1. The number of rotatable bonds is 7. The molecule has 1 unspecified atom stereocenters. The van der Waals surface area contributed by atoms with E-state index in [1.54, 1.807) is 0 Å². The molecule has 0 spiro atoms. The third kappa shape index (κ3) is 4.97. The summed E-state index contributed by atoms with van der Waals surface area (Å²) >= 11 is 0. The maximum atomic E-state index is 12.2. The number of carbonyl (C=O) groups excluding carboxylic acids is 1. The van der Waals surface area contributed by atoms with Crippen LogP contribution >= 0.6 is 0 Å². The van der Waals surface area contributed by atoms with Crippen molar-refractivity contribution >= 4 is 5.91 Å². The fraction of sp³-hybridized carbons (Fsp3) is 0.556. The molecule has 0 heterocycles. The Hall–Kier alpha value is -2.06. The fourth-order valence-electron chi connectivity index (χ4n) is 3.11. The molecule has 124 valence electrons. The smallest absolute Gasteiger partial charge is 0.276 e. The molecule has 0 aliphatic heterocycles. The van der Waals surface area contributed by atoms with Crippen LogP contribution in [0.3, 0.4) is 0 Å². The topological polar surface area (TPSA) is 66.6 Å². The second-order valence-corrected chi connectivity index (χ2v) is 6.34. The molecule has 1 saturated carbocycles. The van der Waals surface area contributed by atoms with Gasteiger partial charge in [-0.1, -0.05) is 0 Å². The number of benzene rings is 1. The lowest BCUT2D eigenvalue weighted by Crippen LogP contribution is -3.09. The summed E-state index contributed by atoms with van der Waals surface area (Å²) in [5.41, 5.74) is 0.533. The number of hydrogen-bond acceptors (Lipinski definition) is 3. The summed E-state index contributed by atoms with van der Waals surface area (Å²) in [6, 6.07) is 10.3. The van der Waals surface area contributed by atoms with Crippen molar-refractivity contribution in [2.45, 2.75) is 44.7 Å². The number of hydrogen-bond donors (Lipinski definition) is 2. The second-order valence-electron chi connectivity index (χ2n) is 6.34. The molecule has 1 aromatic rings. The van der Waals surface area contributed by atoms with Crippen molar-refractivity contribution in [3.63, 3.8) is 0 Å². The predicted molar refractivity (Wildman–Crippen MR) is 88.0 cm³/mol. The highest BCUT2D eigenvalue weighted by Gasteiger charge is 2.35. The van der Waals surface area contributed by atoms with E-state index in [1.165, 1.54) is 0 Å². The van der Waals surface area contributed by atoms with Crippen molar-refractivity contribution in [2.24, 2.45) is 0 Å². The lowest BCUT2D eigenvalue weighted by molar-refractivity contribution is -0.885. The van der Waals surface area contributed by atoms with Gasteiger partial charge < -0.3 is 15.0 Å². The summed E-state index contributed by atoms with van der Waals surface area (Å²) in [7, 11) is 1.99. The van der Waals surface area contributed by atoms with Gasteiger partial charge in [0.25, 0.3) is 5.91 Å². The molecule has 1 aliphatic carbocycles. The SMILES string of the molecule is CCOc1ccc(C[NH+](C)CC(=O)NC2(C#N)CCCC2)cc1. The Morgan fingerprint density at radius 2 is 2.00 bits per heavy atom. The predicted octanol–water partition coefficient (Wildman–Crippen LogP) is 1.05. The van der Waals surface area contributed by atoms with E-state index in [9.17, 15) is 10.1 Å². The van der Waals surface area contributed by atoms with Crippen LogP contribution < -0.4 is 15.0 Å². The minimum atomic E-state index is -0.628. The number of nitrogens with one attached hydrogen (secondary N) is 2. The van der Waals surface area contributed by atoms with Gasteiger partial charge in [-0.15, -0.1) is 0 Å². The number of amides is 1. The van der Waals surface area contributed by atoms with Crippen LogP contribution in [-0.2, 0) is 11.3 Å². The van der Waals surface area contributed by atoms with E-state index in [0.29, 0.717) is 13.2 Å². The summed E-state index contributed by atoms with van der Waals surface area (Å²) in [6.45, 7) is 3.75. The van der Waals surface area contributed by atoms with Gasteiger partial charge >= 0.3 is 0 Å². The van der Waals surface area contributed by atoms with Gasteiger partial charge in [-0.2, -0.15) is 5.26 Å². The Labute approximate surface area is 138 Å². The van der Waals surface area contributed by atoms with Gasteiger partial charge in [0.1, 0.15) is 17.8 Å². The van der Waals surface area contributed by atoms with E-state index in [4.69, 9.17) is 4.74 Å². The first-order valence-corrected chi connectivity index (χ1v) is 8.32. The summed E-state index contributed by atoms with van der Waals surface area (Å²) in [6.07, 6.45) is 3.58. The zero-order chi connectivity index (χ0) is 16.7. The van der Waals surface area contributed by atoms with E-state index in [0.717, 1.165) is 48.4 Å². The van der Waals surface area contributed by atoms with Gasteiger partial charge in [0.15, 0.2) is 6.54 Å². The van der Waals surface area contributed by atoms with E-state index in [-0.39, 0.29) is 5.91 Å². The molecule has 5 nitrogen and oxygen atoms in total. The van der Waals surface area contributed by atoms with Crippen molar-refractivity contribution in [3.8, 4) is 11.8 Å². The highest BCUT2D eigenvalue weighted by atomic mass is 16.5. The highest BCUT2D eigenvalue weighted by molar-refractivity contribution is 5.78. The van der Waals surface area contributed by atoms with Crippen molar-refractivity contribution in [3.05, 3.63) is 29.8 Å². The van der Waals surface area contributed by atoms with E-state index >= 15 is 0 Å². The maximum absolute atomic E-state index is 12.2. The Bertz CT molecular complexity index is 557. The molecule has 1 atom stereocenters. The van der Waals surface area contributed by atoms with E-state index < -0.39 is 5.54 Å². The molecule has 1 aromatic carbocycles. The average molecular weight is 316 g/mol. The minimum Gasteiger partial charge on any atom is -0.494 e. The monoisotopic (exact) mass is 316 g/mol. The first-order valence-electron chi connectivity index (χ1n) is 8.32. The van der Waals surface area contributed by atoms with Gasteiger partial charge in [0, 0.05) is 5.56 Å². The first kappa shape index (κ1) is 17.3. The van der Waals surface area contributed by atoms with Gasteiger partial charge in [0.2, 0.25) is 0 Å². The number of quaternary nitrogens is 1. The maximum Gasteiger partial charge on any atom is 0.276 e. The molecule has 2 N–H and O–H groups in total. The number of nitrogens with zero attached hydrogens (tertiary/aromatic N) is 1. The van der Waals surface area contributed by atoms with Crippen LogP contribution in [0.4, 0.5) is 0 Å². The molecule has 23 heavy (non-hydrogen) atoms. The molecular formula is C18H26N3O2+. The molecule has 0 radical (unpaired) electrons. The zero-order valence-corrected chi connectivity index (χ0v) is 14.0. The Morgan fingerprint density at radius 3 is 2.57 bits per heavy atom. The minimum absolute atomic E-state index is 0.0445. The van der Waals surface area contributed by atoms with E-state index in [2.05, 4.69) is 11.4 Å². The van der Waals surface area contributed by atoms with Crippen LogP contribution in [0, 0.1) is 11.3 Å². The summed E-state index contributed by atoms with van der Waals surface area (Å²) in [5, 5.41) is 12.3. The summed E-state index contributed by atoms with van der Waals surface area (Å²) < 4.78 is 5.43. The normalized spacial score (nSPS) is 17.3. The molecule has 0 aromatic heterocycles. The average Bonchev–Trinajstić information content (AvgIpc) is 2.98. The second kappa shape index (κ2) is 7.98. The van der Waals surface area contributed by atoms with Crippen LogP contribution in [0.25, 0.3) is 0 Å². The van der Waals surface area contributed by atoms with Gasteiger partial charge in [-0.05, 0) is 56.9 Å². The summed E-state index contributed by atoms with van der Waals surface area (Å²) in [5.74, 6) is 0.820. The number of likely N-dealkylation sites (N-methyl/N-ethyl adjacent to an activating group) is 1. The van der Waals surface area contributed by atoms with E-state index in [1.807, 2.05) is 38.2 Å². The summed E-state index contributed by atoms with van der Waals surface area (Å²) in [4.78, 5) is 13.3. The lowest BCUT2D eigenvalue weighted by atomic mass is 10.00. The fourth-order valence-corrected chi connectivity index (χ4v) is 3.11. The Balaban J connectivity index is 1.83. The molecule has 0 saturated heterocycles. The zero-order valence-electron chi connectivity index (χ0n) is 14.0. The van der Waals surface area contributed by atoms with Crippen molar-refractivity contribution in [1.29, 1.82) is 5.26 Å². The lowest BCUT2D eigenvalue weighted by Gasteiger charge is -2.23. The van der Waals surface area contributed by atoms with Crippen LogP contribution in [0.5, 0.6) is 5.75 Å². The standard InChI is InChI=1S/C18H25N3O2/c1-3-23-16-8-6-15(7-9-16)12-21(2)13-17(22)20-18(14-19)10-4-5-11-18/h6-9H,3-5,10-13H2,1-2H3,(H,20,22)/p+1. The molecule has 1 fully saturated rings. The van der Waals surface area contributed by atoms with Crippen molar-refractivity contribution in [2.75, 3.05) is 20.2 Å². The van der Waals surface area contributed by atoms with Crippen LogP contribution in [0.1, 0.15) is 38.2 Å². The quantitative estimate of drug-likeness (QED) is 0.790. The van der Waals surface area contributed by atoms with Crippen molar-refractivity contribution in [1.82, 2.24) is 5.32 Å². The molecule has 1 aliphatic rings. The Kier molecular flexibility index (Phi) is 6.00. The Morgan fingerprint density at radius 1 is 1.35 bits per heavy atom. The molecular weight excluding hydrogens is 290 g/mol. The molecule has 0 bridgehead atoms. The molecule has 2 rings (SSSR count). The first-order chi connectivity index (χ1) is 11.1. The van der Waals surface area contributed by atoms with Crippen LogP contribution in [0.15, 0.2) is 24.3 Å². The number of ether oxygens (including phenoxy) is 1. The third-order valence-electron chi connectivity index (χ3n) is 4.25. The van der Waals surface area contributed by atoms with Gasteiger partial charge in [-0.3, -0.25) is 4.79 Å². The molecule has 1 amide bonds. The van der Waals surface area contributed by atoms with Crippen LogP contribution in [0.2, 0.25) is 0 Å². The van der Waals surface area contributed by atoms with Gasteiger partial charge in [0.05, 0.1) is 19.7 Å². The van der Waals surface area contributed by atoms with Crippen LogP contribution in [-0.4, -0.2) is 31.6 Å².